The first-order valence-electron chi connectivity index (χ1n) is 21.5. The Labute approximate surface area is 366 Å². The first-order valence-corrected chi connectivity index (χ1v) is 21.5. The van der Waals surface area contributed by atoms with Gasteiger partial charge in [-0.25, -0.2) is 0 Å². The minimum atomic E-state index is 0.866. The fraction of sp³-hybridized carbons (Fsp3) is 0. The zero-order chi connectivity index (χ0) is 41.7. The summed E-state index contributed by atoms with van der Waals surface area (Å²) in [4.78, 5) is 2.35. The van der Waals surface area contributed by atoms with Crippen molar-refractivity contribution in [3.05, 3.63) is 243 Å². The number of rotatable bonds is 8. The second kappa shape index (κ2) is 15.3. The van der Waals surface area contributed by atoms with Crippen molar-refractivity contribution in [2.75, 3.05) is 4.90 Å². The molecule has 0 amide bonds. The molecule has 0 aliphatic carbocycles. The van der Waals surface area contributed by atoms with Gasteiger partial charge in [0.25, 0.3) is 0 Å². The molecule has 296 valence electrons. The quantitative estimate of drug-likeness (QED) is 0.153. The van der Waals surface area contributed by atoms with Crippen LogP contribution in [0.4, 0.5) is 17.1 Å². The molecule has 0 atom stereocenters. The highest BCUT2D eigenvalue weighted by Gasteiger charge is 2.20. The van der Waals surface area contributed by atoms with E-state index in [1.807, 2.05) is 12.1 Å². The van der Waals surface area contributed by atoms with E-state index < -0.39 is 0 Å². The van der Waals surface area contributed by atoms with Gasteiger partial charge in [0.15, 0.2) is 0 Å². The summed E-state index contributed by atoms with van der Waals surface area (Å²) in [5, 5.41) is 4.71. The van der Waals surface area contributed by atoms with E-state index in [0.29, 0.717) is 0 Å². The standard InChI is InChI=1S/C60H40N2O/c1-2-13-41(14-3-1)42-25-27-43(28-26-42)45-33-37-48(38-34-45)61(57-22-12-24-59-60(57)53-18-7-11-23-58(53)63-59)49-39-35-46(36-40-49)44-29-31-47(32-30-44)50-15-4-8-19-54(50)62-55-20-9-5-16-51(55)52-17-6-10-21-56(52)62/h1-40H. The van der Waals surface area contributed by atoms with Crippen LogP contribution in [0.5, 0.6) is 0 Å². The van der Waals surface area contributed by atoms with Gasteiger partial charge >= 0.3 is 0 Å². The number of furan rings is 1. The van der Waals surface area contributed by atoms with Crippen molar-refractivity contribution in [3.63, 3.8) is 0 Å². The van der Waals surface area contributed by atoms with Crippen molar-refractivity contribution in [1.82, 2.24) is 4.57 Å². The SMILES string of the molecule is c1ccc(-c2ccc(-c3ccc(N(c4ccc(-c5ccc(-c6ccccc6-n6c7ccccc7c7ccccc76)cc5)cc4)c4cccc5oc6ccccc6c45)cc3)cc2)cc1. The third kappa shape index (κ3) is 6.38. The number of para-hydroxylation sites is 4. The molecule has 3 heteroatoms. The van der Waals surface area contributed by atoms with Crippen molar-refractivity contribution in [2.45, 2.75) is 0 Å². The molecule has 0 aliphatic rings. The van der Waals surface area contributed by atoms with Gasteiger partial charge < -0.3 is 13.9 Å². The topological polar surface area (TPSA) is 21.3 Å². The summed E-state index contributed by atoms with van der Waals surface area (Å²) in [6.45, 7) is 0. The monoisotopic (exact) mass is 804 g/mol. The molecule has 12 aromatic rings. The predicted octanol–water partition coefficient (Wildman–Crippen LogP) is 16.8. The van der Waals surface area contributed by atoms with Crippen LogP contribution in [0.15, 0.2) is 247 Å². The Morgan fingerprint density at radius 3 is 1.32 bits per heavy atom. The lowest BCUT2D eigenvalue weighted by molar-refractivity contribution is 0.669. The van der Waals surface area contributed by atoms with E-state index in [0.717, 1.165) is 50.1 Å². The van der Waals surface area contributed by atoms with Crippen molar-refractivity contribution in [3.8, 4) is 50.2 Å². The first-order chi connectivity index (χ1) is 31.2. The van der Waals surface area contributed by atoms with Crippen molar-refractivity contribution >= 4 is 60.8 Å². The highest BCUT2D eigenvalue weighted by molar-refractivity contribution is 6.13. The highest BCUT2D eigenvalue weighted by atomic mass is 16.3. The summed E-state index contributed by atoms with van der Waals surface area (Å²) in [5.74, 6) is 0. The van der Waals surface area contributed by atoms with Gasteiger partial charge in [-0.1, -0.05) is 182 Å². The largest absolute Gasteiger partial charge is 0.456 e. The van der Waals surface area contributed by atoms with Crippen LogP contribution < -0.4 is 4.90 Å². The Bertz CT molecular complexity index is 3530. The molecule has 12 rings (SSSR count). The molecule has 0 fully saturated rings. The van der Waals surface area contributed by atoms with Gasteiger partial charge in [0.1, 0.15) is 11.2 Å². The second-order valence-electron chi connectivity index (χ2n) is 16.1. The van der Waals surface area contributed by atoms with E-state index >= 15 is 0 Å². The van der Waals surface area contributed by atoms with Crippen molar-refractivity contribution in [1.29, 1.82) is 0 Å². The van der Waals surface area contributed by atoms with Crippen molar-refractivity contribution < 1.29 is 4.42 Å². The molecule has 0 saturated heterocycles. The average Bonchev–Trinajstić information content (AvgIpc) is 3.91. The summed E-state index contributed by atoms with van der Waals surface area (Å²) in [7, 11) is 0. The molecule has 0 saturated carbocycles. The van der Waals surface area contributed by atoms with Gasteiger partial charge in [-0.15, -0.1) is 0 Å². The third-order valence-corrected chi connectivity index (χ3v) is 12.5. The van der Waals surface area contributed by atoms with Crippen LogP contribution in [0.1, 0.15) is 0 Å². The van der Waals surface area contributed by atoms with Crippen LogP contribution in [-0.4, -0.2) is 4.57 Å². The molecule has 2 heterocycles. The summed E-state index contributed by atoms with van der Waals surface area (Å²) in [6, 6.07) is 87.0. The molecular weight excluding hydrogens is 765 g/mol. The minimum Gasteiger partial charge on any atom is -0.456 e. The predicted molar refractivity (Wildman–Crippen MR) is 264 cm³/mol. The number of anilines is 3. The van der Waals surface area contributed by atoms with E-state index in [2.05, 4.69) is 240 Å². The van der Waals surface area contributed by atoms with E-state index in [1.54, 1.807) is 0 Å². The van der Waals surface area contributed by atoms with Crippen LogP contribution in [0.25, 0.3) is 93.9 Å². The van der Waals surface area contributed by atoms with Crippen LogP contribution in [-0.2, 0) is 0 Å². The normalized spacial score (nSPS) is 11.5. The average molecular weight is 805 g/mol. The molecule has 0 N–H and O–H groups in total. The first kappa shape index (κ1) is 36.5. The zero-order valence-electron chi connectivity index (χ0n) is 34.4. The molecule has 0 bridgehead atoms. The van der Waals surface area contributed by atoms with Gasteiger partial charge in [0.2, 0.25) is 0 Å². The fourth-order valence-electron chi connectivity index (χ4n) is 9.40. The number of hydrogen-bond acceptors (Lipinski definition) is 2. The van der Waals surface area contributed by atoms with E-state index in [-0.39, 0.29) is 0 Å². The highest BCUT2D eigenvalue weighted by Crippen LogP contribution is 2.44. The lowest BCUT2D eigenvalue weighted by Gasteiger charge is -2.26. The Hall–Kier alpha value is -8.40. The lowest BCUT2D eigenvalue weighted by atomic mass is 9.98. The summed E-state index contributed by atoms with van der Waals surface area (Å²) in [5.41, 5.74) is 18.0. The van der Waals surface area contributed by atoms with Crippen LogP contribution in [0.2, 0.25) is 0 Å². The van der Waals surface area contributed by atoms with Crippen LogP contribution in [0.3, 0.4) is 0 Å². The number of fused-ring (bicyclic) bond motifs is 6. The van der Waals surface area contributed by atoms with E-state index in [1.165, 1.54) is 60.9 Å². The number of hydrogen-bond donors (Lipinski definition) is 0. The fourth-order valence-corrected chi connectivity index (χ4v) is 9.40. The molecule has 63 heavy (non-hydrogen) atoms. The molecular formula is C60H40N2O. The molecule has 0 radical (unpaired) electrons. The zero-order valence-corrected chi connectivity index (χ0v) is 34.4. The van der Waals surface area contributed by atoms with Crippen LogP contribution >= 0.6 is 0 Å². The number of benzene rings is 10. The maximum Gasteiger partial charge on any atom is 0.137 e. The summed E-state index contributed by atoms with van der Waals surface area (Å²) >= 11 is 0. The number of aromatic nitrogens is 1. The van der Waals surface area contributed by atoms with Gasteiger partial charge in [-0.3, -0.25) is 0 Å². The maximum atomic E-state index is 6.39. The molecule has 10 aromatic carbocycles. The Morgan fingerprint density at radius 1 is 0.302 bits per heavy atom. The van der Waals surface area contributed by atoms with E-state index in [9.17, 15) is 0 Å². The molecule has 0 spiro atoms. The molecule has 2 aromatic heterocycles. The molecule has 0 unspecified atom stereocenters. The Kier molecular flexibility index (Phi) is 8.83. The van der Waals surface area contributed by atoms with Gasteiger partial charge in [-0.2, -0.15) is 0 Å². The minimum absolute atomic E-state index is 0.866. The van der Waals surface area contributed by atoms with Gasteiger partial charge in [0.05, 0.1) is 27.8 Å². The maximum absolute atomic E-state index is 6.39. The smallest absolute Gasteiger partial charge is 0.137 e. The van der Waals surface area contributed by atoms with Gasteiger partial charge in [0, 0.05) is 33.1 Å². The lowest BCUT2D eigenvalue weighted by Crippen LogP contribution is -2.10. The van der Waals surface area contributed by atoms with E-state index in [4.69, 9.17) is 4.42 Å². The Morgan fingerprint density at radius 2 is 0.730 bits per heavy atom. The molecule has 3 nitrogen and oxygen atoms in total. The molecule has 0 aliphatic heterocycles. The summed E-state index contributed by atoms with van der Waals surface area (Å²) < 4.78 is 8.79. The second-order valence-corrected chi connectivity index (χ2v) is 16.1. The Balaban J connectivity index is 0.898. The van der Waals surface area contributed by atoms with Crippen molar-refractivity contribution in [2.24, 2.45) is 0 Å². The third-order valence-electron chi connectivity index (χ3n) is 12.5. The number of nitrogens with zero attached hydrogens (tertiary/aromatic N) is 2. The van der Waals surface area contributed by atoms with Crippen LogP contribution in [0, 0.1) is 0 Å². The summed E-state index contributed by atoms with van der Waals surface area (Å²) in [6.07, 6.45) is 0. The van der Waals surface area contributed by atoms with Gasteiger partial charge in [-0.05, 0) is 99.6 Å².